The van der Waals surface area contributed by atoms with Crippen LogP contribution in [0.25, 0.3) is 0 Å². The summed E-state index contributed by atoms with van der Waals surface area (Å²) in [5.41, 5.74) is 0.341. The smallest absolute Gasteiger partial charge is 0.0945 e. The molecule has 1 aromatic rings. The van der Waals surface area contributed by atoms with E-state index in [0.29, 0.717) is 9.49 Å². The first-order valence-corrected chi connectivity index (χ1v) is 8.07. The van der Waals surface area contributed by atoms with Gasteiger partial charge in [-0.15, -0.1) is 23.5 Å². The maximum atomic E-state index is 4.12. The lowest BCUT2D eigenvalue weighted by Crippen LogP contribution is -2.35. The van der Waals surface area contributed by atoms with Crippen molar-refractivity contribution in [3.05, 3.63) is 18.7 Å². The van der Waals surface area contributed by atoms with Gasteiger partial charge in [-0.2, -0.15) is 0 Å². The monoisotopic (exact) mass is 270 g/mol. The number of hydrogen-bond donors (Lipinski definition) is 0. The third kappa shape index (κ3) is 2.84. The Morgan fingerprint density at radius 2 is 2.24 bits per heavy atom. The van der Waals surface area contributed by atoms with E-state index in [2.05, 4.69) is 67.0 Å². The molecule has 96 valence electrons. The minimum Gasteiger partial charge on any atom is -0.337 e. The SMILES string of the molecule is CC1CSC(CCn2ccnc2)(C(C)(C)C)S1. The quantitative estimate of drug-likeness (QED) is 0.830. The second kappa shape index (κ2) is 4.88. The third-order valence-electron chi connectivity index (χ3n) is 3.34. The lowest BCUT2D eigenvalue weighted by molar-refractivity contribution is 0.342. The molecular formula is C13H22N2S2. The molecule has 1 aliphatic rings. The topological polar surface area (TPSA) is 17.8 Å². The van der Waals surface area contributed by atoms with Crippen LogP contribution < -0.4 is 0 Å². The van der Waals surface area contributed by atoms with Gasteiger partial charge in [-0.3, -0.25) is 0 Å². The first-order valence-electron chi connectivity index (χ1n) is 6.20. The number of imidazole rings is 1. The predicted octanol–water partition coefficient (Wildman–Crippen LogP) is 3.88. The lowest BCUT2D eigenvalue weighted by atomic mass is 9.89. The molecule has 0 N–H and O–H groups in total. The summed E-state index contributed by atoms with van der Waals surface area (Å²) in [5.74, 6) is 1.28. The van der Waals surface area contributed by atoms with E-state index < -0.39 is 0 Å². The molecule has 0 amide bonds. The largest absolute Gasteiger partial charge is 0.337 e. The highest BCUT2D eigenvalue weighted by molar-refractivity contribution is 8.21. The Bertz CT molecular complexity index is 356. The molecule has 2 heterocycles. The van der Waals surface area contributed by atoms with Crippen molar-refractivity contribution in [2.75, 3.05) is 5.75 Å². The van der Waals surface area contributed by atoms with Crippen LogP contribution in [0, 0.1) is 5.41 Å². The van der Waals surface area contributed by atoms with E-state index >= 15 is 0 Å². The molecular weight excluding hydrogens is 248 g/mol. The Morgan fingerprint density at radius 1 is 1.47 bits per heavy atom. The summed E-state index contributed by atoms with van der Waals surface area (Å²) in [7, 11) is 0. The molecule has 0 aromatic carbocycles. The van der Waals surface area contributed by atoms with Crippen LogP contribution in [0.15, 0.2) is 18.7 Å². The third-order valence-corrected chi connectivity index (χ3v) is 7.91. The first-order chi connectivity index (χ1) is 7.93. The minimum atomic E-state index is 0.341. The highest BCUT2D eigenvalue weighted by atomic mass is 32.2. The second-order valence-electron chi connectivity index (χ2n) is 5.79. The predicted molar refractivity (Wildman–Crippen MR) is 78.5 cm³/mol. The Balaban J connectivity index is 2.07. The highest BCUT2D eigenvalue weighted by Crippen LogP contribution is 2.59. The van der Waals surface area contributed by atoms with Crippen LogP contribution in [0.5, 0.6) is 0 Å². The summed E-state index contributed by atoms with van der Waals surface area (Å²) in [6.45, 7) is 10.5. The summed E-state index contributed by atoms with van der Waals surface area (Å²) in [6.07, 6.45) is 7.06. The van der Waals surface area contributed by atoms with Crippen LogP contribution in [0.3, 0.4) is 0 Å². The van der Waals surface area contributed by atoms with Gasteiger partial charge in [0.05, 0.1) is 10.4 Å². The number of aryl methyl sites for hydroxylation is 1. The molecule has 0 radical (unpaired) electrons. The van der Waals surface area contributed by atoms with Crippen LogP contribution in [-0.4, -0.2) is 24.6 Å². The van der Waals surface area contributed by atoms with Crippen molar-refractivity contribution in [3.8, 4) is 0 Å². The molecule has 2 atom stereocenters. The van der Waals surface area contributed by atoms with Gasteiger partial charge >= 0.3 is 0 Å². The highest BCUT2D eigenvalue weighted by Gasteiger charge is 2.47. The van der Waals surface area contributed by atoms with Crippen LogP contribution in [0.2, 0.25) is 0 Å². The summed E-state index contributed by atoms with van der Waals surface area (Å²) >= 11 is 4.33. The average Bonchev–Trinajstić information content (AvgIpc) is 2.83. The fraction of sp³-hybridized carbons (Fsp3) is 0.769. The second-order valence-corrected chi connectivity index (χ2v) is 9.11. The normalized spacial score (nSPS) is 29.8. The van der Waals surface area contributed by atoms with E-state index in [1.165, 1.54) is 12.2 Å². The molecule has 2 unspecified atom stereocenters. The van der Waals surface area contributed by atoms with Crippen molar-refractivity contribution in [2.45, 2.75) is 50.0 Å². The van der Waals surface area contributed by atoms with E-state index in [1.807, 2.05) is 12.5 Å². The molecule has 0 spiro atoms. The van der Waals surface area contributed by atoms with E-state index in [-0.39, 0.29) is 0 Å². The number of hydrogen-bond acceptors (Lipinski definition) is 3. The molecule has 0 bridgehead atoms. The fourth-order valence-electron chi connectivity index (χ4n) is 2.24. The molecule has 1 saturated heterocycles. The van der Waals surface area contributed by atoms with E-state index in [9.17, 15) is 0 Å². The van der Waals surface area contributed by atoms with Crippen LogP contribution in [0.4, 0.5) is 0 Å². The number of thioether (sulfide) groups is 2. The van der Waals surface area contributed by atoms with Crippen molar-refractivity contribution in [2.24, 2.45) is 5.41 Å². The molecule has 1 aliphatic heterocycles. The summed E-state index contributed by atoms with van der Waals surface area (Å²) in [6, 6.07) is 0. The molecule has 0 saturated carbocycles. The number of nitrogens with zero attached hydrogens (tertiary/aromatic N) is 2. The van der Waals surface area contributed by atoms with Gasteiger partial charge in [-0.05, 0) is 11.8 Å². The Labute approximate surface area is 113 Å². The minimum absolute atomic E-state index is 0.341. The molecule has 17 heavy (non-hydrogen) atoms. The van der Waals surface area contributed by atoms with Crippen LogP contribution in [0.1, 0.15) is 34.1 Å². The van der Waals surface area contributed by atoms with Crippen molar-refractivity contribution < 1.29 is 0 Å². The van der Waals surface area contributed by atoms with Crippen molar-refractivity contribution in [1.82, 2.24) is 9.55 Å². The molecule has 1 fully saturated rings. The molecule has 1 aromatic heterocycles. The Kier molecular flexibility index (Phi) is 3.83. The zero-order valence-electron chi connectivity index (χ0n) is 11.1. The van der Waals surface area contributed by atoms with Gasteiger partial charge in [0, 0.05) is 29.9 Å². The zero-order valence-corrected chi connectivity index (χ0v) is 12.8. The Morgan fingerprint density at radius 3 is 2.71 bits per heavy atom. The molecule has 2 nitrogen and oxygen atoms in total. The number of aromatic nitrogens is 2. The van der Waals surface area contributed by atoms with Crippen molar-refractivity contribution in [1.29, 1.82) is 0 Å². The molecule has 0 aliphatic carbocycles. The lowest BCUT2D eigenvalue weighted by Gasteiger charge is -2.40. The number of rotatable bonds is 3. The van der Waals surface area contributed by atoms with Crippen LogP contribution in [-0.2, 0) is 6.54 Å². The molecule has 2 rings (SSSR count). The Hall–Kier alpha value is -0.0900. The first kappa shape index (κ1) is 13.3. The van der Waals surface area contributed by atoms with Gasteiger partial charge in [0.25, 0.3) is 0 Å². The standard InChI is InChI=1S/C13H22N2S2/c1-11-9-16-13(17-11,12(2,3)4)5-7-15-8-6-14-10-15/h6,8,10-11H,5,7,9H2,1-4H3. The van der Waals surface area contributed by atoms with E-state index in [1.54, 1.807) is 0 Å². The van der Waals surface area contributed by atoms with E-state index in [0.717, 1.165) is 11.8 Å². The van der Waals surface area contributed by atoms with E-state index in [4.69, 9.17) is 0 Å². The van der Waals surface area contributed by atoms with Gasteiger partial charge in [0.1, 0.15) is 0 Å². The molecule has 4 heteroatoms. The fourth-order valence-corrected chi connectivity index (χ4v) is 6.07. The maximum absolute atomic E-state index is 4.12. The van der Waals surface area contributed by atoms with Gasteiger partial charge in [-0.25, -0.2) is 4.98 Å². The van der Waals surface area contributed by atoms with Gasteiger partial charge in [0.15, 0.2) is 0 Å². The summed E-state index contributed by atoms with van der Waals surface area (Å²) < 4.78 is 2.55. The summed E-state index contributed by atoms with van der Waals surface area (Å²) in [4.78, 5) is 4.12. The van der Waals surface area contributed by atoms with Crippen molar-refractivity contribution >= 4 is 23.5 Å². The van der Waals surface area contributed by atoms with Gasteiger partial charge < -0.3 is 4.57 Å². The maximum Gasteiger partial charge on any atom is 0.0945 e. The van der Waals surface area contributed by atoms with Gasteiger partial charge in [0.2, 0.25) is 0 Å². The van der Waals surface area contributed by atoms with Crippen molar-refractivity contribution in [3.63, 3.8) is 0 Å². The summed E-state index contributed by atoms with van der Waals surface area (Å²) in [5, 5.41) is 0.780. The average molecular weight is 270 g/mol. The van der Waals surface area contributed by atoms with Crippen LogP contribution >= 0.6 is 23.5 Å². The zero-order chi connectivity index (χ0) is 12.5. The van der Waals surface area contributed by atoms with Gasteiger partial charge in [-0.1, -0.05) is 27.7 Å².